The van der Waals surface area contributed by atoms with Crippen LogP contribution in [0.4, 0.5) is 10.5 Å². The van der Waals surface area contributed by atoms with Crippen LogP contribution in [0.25, 0.3) is 0 Å². The van der Waals surface area contributed by atoms with E-state index in [1.165, 1.54) is 0 Å². The lowest BCUT2D eigenvalue weighted by atomic mass is 9.82. The minimum Gasteiger partial charge on any atom is -0.497 e. The average molecular weight is 552 g/mol. The number of carbonyl (C=O) groups excluding carboxylic acids is 3. The van der Waals surface area contributed by atoms with Crippen molar-refractivity contribution < 1.29 is 28.6 Å². The zero-order chi connectivity index (χ0) is 29.0. The van der Waals surface area contributed by atoms with Crippen molar-refractivity contribution in [3.63, 3.8) is 0 Å². The molecule has 4 aromatic carbocycles. The maximum Gasteiger partial charge on any atom is 0.326 e. The molecule has 0 saturated carbocycles. The second-order valence-electron chi connectivity index (χ2n) is 9.52. The number of benzene rings is 4. The standard InChI is InChI=1S/C32H29N3O6/c1-21-4-12-27(13-5-21)41-28-18-10-24(11-19-28)33-29(36)20-35-30(37)32(34-31(35)38,22-6-14-25(39-2)15-7-22)23-8-16-26(40-3)17-9-23/h4-19H,20H2,1-3H3,(H,33,36)(H,34,38). The van der Waals surface area contributed by atoms with Crippen molar-refractivity contribution in [1.82, 2.24) is 10.2 Å². The Morgan fingerprint density at radius 3 is 1.68 bits per heavy atom. The highest BCUT2D eigenvalue weighted by atomic mass is 16.5. The second-order valence-corrected chi connectivity index (χ2v) is 9.52. The Morgan fingerprint density at radius 2 is 1.20 bits per heavy atom. The molecule has 0 aliphatic carbocycles. The van der Waals surface area contributed by atoms with Gasteiger partial charge in [-0.1, -0.05) is 42.0 Å². The summed E-state index contributed by atoms with van der Waals surface area (Å²) >= 11 is 0. The van der Waals surface area contributed by atoms with Crippen molar-refractivity contribution in [3.8, 4) is 23.0 Å². The molecule has 9 heteroatoms. The number of nitrogens with one attached hydrogen (secondary N) is 2. The lowest BCUT2D eigenvalue weighted by Crippen LogP contribution is -2.45. The van der Waals surface area contributed by atoms with E-state index < -0.39 is 29.9 Å². The Kier molecular flexibility index (Phi) is 7.60. The van der Waals surface area contributed by atoms with E-state index in [1.807, 2.05) is 31.2 Å². The zero-order valence-corrected chi connectivity index (χ0v) is 22.8. The molecule has 1 aliphatic heterocycles. The minimum absolute atomic E-state index is 0.472. The van der Waals surface area contributed by atoms with Crippen LogP contribution in [0.2, 0.25) is 0 Å². The van der Waals surface area contributed by atoms with E-state index in [1.54, 1.807) is 87.0 Å². The number of urea groups is 1. The van der Waals surface area contributed by atoms with Crippen molar-refractivity contribution in [2.24, 2.45) is 0 Å². The van der Waals surface area contributed by atoms with Crippen molar-refractivity contribution in [2.75, 3.05) is 26.1 Å². The number of hydrogen-bond acceptors (Lipinski definition) is 6. The van der Waals surface area contributed by atoms with Gasteiger partial charge in [0.1, 0.15) is 29.5 Å². The molecule has 1 saturated heterocycles. The summed E-state index contributed by atoms with van der Waals surface area (Å²) in [6.07, 6.45) is 0. The van der Waals surface area contributed by atoms with Crippen LogP contribution in [0.3, 0.4) is 0 Å². The molecule has 9 nitrogen and oxygen atoms in total. The normalized spacial score (nSPS) is 13.9. The third-order valence-electron chi connectivity index (χ3n) is 6.85. The van der Waals surface area contributed by atoms with Crippen LogP contribution in [0.15, 0.2) is 97.1 Å². The predicted octanol–water partition coefficient (Wildman–Crippen LogP) is 5.24. The molecule has 4 amide bonds. The van der Waals surface area contributed by atoms with Gasteiger partial charge in [-0.05, 0) is 78.7 Å². The van der Waals surface area contributed by atoms with Crippen LogP contribution in [-0.2, 0) is 15.1 Å². The highest BCUT2D eigenvalue weighted by Crippen LogP contribution is 2.37. The lowest BCUT2D eigenvalue weighted by molar-refractivity contribution is -0.133. The fourth-order valence-electron chi connectivity index (χ4n) is 4.65. The molecule has 208 valence electrons. The van der Waals surface area contributed by atoms with Gasteiger partial charge in [-0.15, -0.1) is 0 Å². The molecule has 0 aromatic heterocycles. The third kappa shape index (κ3) is 5.56. The SMILES string of the molecule is COc1ccc(C2(c3ccc(OC)cc3)NC(=O)N(CC(=O)Nc3ccc(Oc4ccc(C)cc4)cc3)C2=O)cc1. The molecule has 0 radical (unpaired) electrons. The van der Waals surface area contributed by atoms with Gasteiger partial charge in [0.05, 0.1) is 14.2 Å². The van der Waals surface area contributed by atoms with E-state index in [0.717, 1.165) is 10.5 Å². The molecule has 0 atom stereocenters. The maximum atomic E-state index is 14.0. The molecule has 1 heterocycles. The molecule has 0 bridgehead atoms. The van der Waals surface area contributed by atoms with Crippen molar-refractivity contribution in [1.29, 1.82) is 0 Å². The first-order valence-electron chi connectivity index (χ1n) is 12.9. The Labute approximate surface area is 237 Å². The number of rotatable bonds is 9. The quantitative estimate of drug-likeness (QED) is 0.276. The fraction of sp³-hybridized carbons (Fsp3) is 0.156. The molecule has 2 N–H and O–H groups in total. The number of ether oxygens (including phenoxy) is 3. The summed E-state index contributed by atoms with van der Waals surface area (Å²) in [5.41, 5.74) is 1.13. The van der Waals surface area contributed by atoms with E-state index >= 15 is 0 Å². The zero-order valence-electron chi connectivity index (χ0n) is 22.8. The largest absolute Gasteiger partial charge is 0.497 e. The summed E-state index contributed by atoms with van der Waals surface area (Å²) in [4.78, 5) is 41.0. The predicted molar refractivity (Wildman–Crippen MR) is 153 cm³/mol. The molecular formula is C32H29N3O6. The number of aryl methyl sites for hydroxylation is 1. The number of amides is 4. The summed E-state index contributed by atoms with van der Waals surface area (Å²) in [5, 5.41) is 5.58. The van der Waals surface area contributed by atoms with Crippen LogP contribution in [0, 0.1) is 6.92 Å². The summed E-state index contributed by atoms with van der Waals surface area (Å²) < 4.78 is 16.4. The first-order chi connectivity index (χ1) is 19.8. The van der Waals surface area contributed by atoms with Crippen LogP contribution >= 0.6 is 0 Å². The number of nitrogens with zero attached hydrogens (tertiary/aromatic N) is 1. The highest BCUT2D eigenvalue weighted by molar-refractivity contribution is 6.12. The molecule has 4 aromatic rings. The topological polar surface area (TPSA) is 106 Å². The summed E-state index contributed by atoms with van der Waals surface area (Å²) in [7, 11) is 3.09. The van der Waals surface area contributed by atoms with E-state index in [4.69, 9.17) is 14.2 Å². The van der Waals surface area contributed by atoms with Gasteiger partial charge in [-0.2, -0.15) is 0 Å². The number of hydrogen-bond donors (Lipinski definition) is 2. The van der Waals surface area contributed by atoms with E-state index in [2.05, 4.69) is 10.6 Å². The van der Waals surface area contributed by atoms with Crippen LogP contribution in [-0.4, -0.2) is 43.5 Å². The molecule has 41 heavy (non-hydrogen) atoms. The van der Waals surface area contributed by atoms with Crippen molar-refractivity contribution in [2.45, 2.75) is 12.5 Å². The first-order valence-corrected chi connectivity index (χ1v) is 12.9. The second kappa shape index (κ2) is 11.4. The number of methoxy groups -OCH3 is 2. The molecule has 1 aliphatic rings. The summed E-state index contributed by atoms with van der Waals surface area (Å²) in [6.45, 7) is 1.53. The van der Waals surface area contributed by atoms with Gasteiger partial charge in [0, 0.05) is 5.69 Å². The number of imide groups is 1. The Morgan fingerprint density at radius 1 is 0.732 bits per heavy atom. The van der Waals surface area contributed by atoms with Gasteiger partial charge in [0.15, 0.2) is 5.54 Å². The number of carbonyl (C=O) groups is 3. The number of anilines is 1. The van der Waals surface area contributed by atoms with Crippen molar-refractivity contribution in [3.05, 3.63) is 114 Å². The van der Waals surface area contributed by atoms with Gasteiger partial charge in [0.25, 0.3) is 5.91 Å². The van der Waals surface area contributed by atoms with E-state index in [0.29, 0.717) is 39.8 Å². The Bertz CT molecular complexity index is 1500. The maximum absolute atomic E-state index is 14.0. The van der Waals surface area contributed by atoms with Crippen LogP contribution in [0.1, 0.15) is 16.7 Å². The van der Waals surface area contributed by atoms with Gasteiger partial charge in [-0.25, -0.2) is 4.79 Å². The summed E-state index contributed by atoms with van der Waals surface area (Å²) in [5.74, 6) is 1.40. The summed E-state index contributed by atoms with van der Waals surface area (Å²) in [6, 6.07) is 27.5. The van der Waals surface area contributed by atoms with Crippen LogP contribution in [0.5, 0.6) is 23.0 Å². The average Bonchev–Trinajstić information content (AvgIpc) is 3.25. The third-order valence-corrected chi connectivity index (χ3v) is 6.85. The minimum atomic E-state index is -1.54. The molecule has 1 fully saturated rings. The Hall–Kier alpha value is -5.31. The molecule has 0 spiro atoms. The monoisotopic (exact) mass is 551 g/mol. The van der Waals surface area contributed by atoms with Crippen LogP contribution < -0.4 is 24.8 Å². The molecule has 0 unspecified atom stereocenters. The van der Waals surface area contributed by atoms with Gasteiger partial charge < -0.3 is 24.8 Å². The van der Waals surface area contributed by atoms with Gasteiger partial charge in [-0.3, -0.25) is 14.5 Å². The van der Waals surface area contributed by atoms with Gasteiger partial charge in [0.2, 0.25) is 5.91 Å². The van der Waals surface area contributed by atoms with Gasteiger partial charge >= 0.3 is 6.03 Å². The van der Waals surface area contributed by atoms with E-state index in [-0.39, 0.29) is 0 Å². The first kappa shape index (κ1) is 27.3. The van der Waals surface area contributed by atoms with Crippen molar-refractivity contribution >= 4 is 23.5 Å². The van der Waals surface area contributed by atoms with E-state index in [9.17, 15) is 14.4 Å². The molecular weight excluding hydrogens is 522 g/mol. The molecule has 5 rings (SSSR count). The fourth-order valence-corrected chi connectivity index (χ4v) is 4.65. The lowest BCUT2D eigenvalue weighted by Gasteiger charge is -2.28. The highest BCUT2D eigenvalue weighted by Gasteiger charge is 2.54. The Balaban J connectivity index is 1.33. The smallest absolute Gasteiger partial charge is 0.326 e.